The van der Waals surface area contributed by atoms with Gasteiger partial charge >= 0.3 is 0 Å². The lowest BCUT2D eigenvalue weighted by Crippen LogP contribution is -2.44. The van der Waals surface area contributed by atoms with Crippen molar-refractivity contribution in [1.82, 2.24) is 9.80 Å². The summed E-state index contributed by atoms with van der Waals surface area (Å²) in [5.41, 5.74) is 1.02. The summed E-state index contributed by atoms with van der Waals surface area (Å²) in [7, 11) is 0. The van der Waals surface area contributed by atoms with E-state index >= 15 is 0 Å². The topological polar surface area (TPSA) is 40.6 Å². The van der Waals surface area contributed by atoms with Crippen LogP contribution in [-0.2, 0) is 9.59 Å². The van der Waals surface area contributed by atoms with E-state index < -0.39 is 0 Å². The van der Waals surface area contributed by atoms with E-state index in [1.54, 1.807) is 12.1 Å². The second-order valence-corrected chi connectivity index (χ2v) is 7.62. The van der Waals surface area contributed by atoms with Gasteiger partial charge in [0.15, 0.2) is 0 Å². The van der Waals surface area contributed by atoms with Crippen molar-refractivity contribution in [2.45, 2.75) is 44.6 Å². The minimum atomic E-state index is -0.243. The Bertz CT molecular complexity index is 648. The number of rotatable bonds is 3. The number of hydrogen-bond acceptors (Lipinski definition) is 2. The van der Waals surface area contributed by atoms with Gasteiger partial charge in [-0.3, -0.25) is 9.59 Å². The molecule has 0 aromatic heterocycles. The number of piperidine rings is 1. The van der Waals surface area contributed by atoms with Gasteiger partial charge in [0.05, 0.1) is 6.04 Å². The average molecular weight is 344 g/mol. The Hall–Kier alpha value is -1.91. The molecule has 5 heteroatoms. The number of nitrogens with zero attached hydrogens (tertiary/aromatic N) is 2. The Morgan fingerprint density at radius 1 is 0.840 bits per heavy atom. The van der Waals surface area contributed by atoms with E-state index in [9.17, 15) is 14.0 Å². The van der Waals surface area contributed by atoms with E-state index in [4.69, 9.17) is 0 Å². The van der Waals surface area contributed by atoms with Gasteiger partial charge < -0.3 is 9.80 Å². The molecule has 1 atom stereocenters. The smallest absolute Gasteiger partial charge is 0.226 e. The molecular formula is C20H25FN2O2. The number of carbonyl (C=O) groups is 2. The van der Waals surface area contributed by atoms with E-state index in [-0.39, 0.29) is 35.5 Å². The molecule has 0 N–H and O–H groups in total. The fourth-order valence-electron chi connectivity index (χ4n) is 4.23. The molecule has 2 aliphatic heterocycles. The summed E-state index contributed by atoms with van der Waals surface area (Å²) >= 11 is 0. The second-order valence-electron chi connectivity index (χ2n) is 7.62. The molecule has 0 spiro atoms. The van der Waals surface area contributed by atoms with Crippen molar-refractivity contribution in [3.63, 3.8) is 0 Å². The Labute approximate surface area is 148 Å². The zero-order valence-corrected chi connectivity index (χ0v) is 14.5. The first-order chi connectivity index (χ1) is 12.1. The van der Waals surface area contributed by atoms with Crippen molar-refractivity contribution in [2.75, 3.05) is 19.6 Å². The van der Waals surface area contributed by atoms with E-state index in [0.717, 1.165) is 50.6 Å². The number of carbonyl (C=O) groups excluding carboxylic acids is 2. The second kappa shape index (κ2) is 6.77. The molecule has 1 saturated carbocycles. The third kappa shape index (κ3) is 3.42. The highest BCUT2D eigenvalue weighted by atomic mass is 19.1. The van der Waals surface area contributed by atoms with Crippen molar-refractivity contribution in [3.05, 3.63) is 35.6 Å². The first-order valence-electron chi connectivity index (χ1n) is 9.48. The number of amides is 2. The molecule has 25 heavy (non-hydrogen) atoms. The number of benzene rings is 1. The van der Waals surface area contributed by atoms with Gasteiger partial charge in [0.25, 0.3) is 0 Å². The molecule has 1 aromatic carbocycles. The Balaban J connectivity index is 1.38. The number of likely N-dealkylation sites (tertiary alicyclic amines) is 2. The monoisotopic (exact) mass is 344 g/mol. The lowest BCUT2D eigenvalue weighted by Gasteiger charge is -2.35. The SMILES string of the molecule is O=C(C1CC1)N1CCC(C(=O)N2CCCC2c2ccc(F)cc2)CC1. The highest BCUT2D eigenvalue weighted by Crippen LogP contribution is 2.36. The lowest BCUT2D eigenvalue weighted by molar-refractivity contribution is -0.142. The van der Waals surface area contributed by atoms with Gasteiger partial charge in [-0.1, -0.05) is 12.1 Å². The van der Waals surface area contributed by atoms with Crippen molar-refractivity contribution in [2.24, 2.45) is 11.8 Å². The van der Waals surface area contributed by atoms with E-state index in [2.05, 4.69) is 0 Å². The molecule has 2 saturated heterocycles. The standard InChI is InChI=1S/C20H25FN2O2/c21-17-7-5-14(6-8-17)18-2-1-11-23(18)20(25)16-9-12-22(13-10-16)19(24)15-3-4-15/h5-8,15-16,18H,1-4,9-13H2. The zero-order valence-electron chi connectivity index (χ0n) is 14.5. The van der Waals surface area contributed by atoms with Crippen LogP contribution in [0.1, 0.15) is 50.1 Å². The van der Waals surface area contributed by atoms with Gasteiger partial charge in [-0.15, -0.1) is 0 Å². The Kier molecular flexibility index (Phi) is 4.48. The first kappa shape index (κ1) is 16.6. The van der Waals surface area contributed by atoms with Crippen LogP contribution in [0.3, 0.4) is 0 Å². The van der Waals surface area contributed by atoms with Crippen LogP contribution in [-0.4, -0.2) is 41.2 Å². The fraction of sp³-hybridized carbons (Fsp3) is 0.600. The summed E-state index contributed by atoms with van der Waals surface area (Å²) in [6.45, 7) is 2.20. The molecule has 2 amide bonds. The summed E-state index contributed by atoms with van der Waals surface area (Å²) < 4.78 is 13.2. The Morgan fingerprint density at radius 2 is 1.48 bits per heavy atom. The van der Waals surface area contributed by atoms with Crippen molar-refractivity contribution < 1.29 is 14.0 Å². The quantitative estimate of drug-likeness (QED) is 0.845. The summed E-state index contributed by atoms with van der Waals surface area (Å²) in [5, 5.41) is 0. The van der Waals surface area contributed by atoms with Gasteiger partial charge in [-0.2, -0.15) is 0 Å². The molecule has 3 fully saturated rings. The van der Waals surface area contributed by atoms with E-state index in [0.29, 0.717) is 13.1 Å². The minimum absolute atomic E-state index is 0.0179. The zero-order chi connectivity index (χ0) is 17.4. The maximum Gasteiger partial charge on any atom is 0.226 e. The van der Waals surface area contributed by atoms with Crippen LogP contribution in [0.5, 0.6) is 0 Å². The highest BCUT2D eigenvalue weighted by molar-refractivity contribution is 5.82. The maximum atomic E-state index is 13.2. The summed E-state index contributed by atoms with van der Waals surface area (Å²) in [6, 6.07) is 6.60. The van der Waals surface area contributed by atoms with Gasteiger partial charge in [0.1, 0.15) is 5.82 Å². The number of hydrogen-bond donors (Lipinski definition) is 0. The van der Waals surface area contributed by atoms with Crippen molar-refractivity contribution in [3.8, 4) is 0 Å². The van der Waals surface area contributed by atoms with E-state index in [1.807, 2.05) is 9.80 Å². The summed E-state index contributed by atoms with van der Waals surface area (Å²) in [5.74, 6) is 0.534. The Morgan fingerprint density at radius 3 is 2.12 bits per heavy atom. The normalized spacial score (nSPS) is 24.6. The van der Waals surface area contributed by atoms with Crippen LogP contribution in [0.15, 0.2) is 24.3 Å². The van der Waals surface area contributed by atoms with Gasteiger partial charge in [-0.05, 0) is 56.2 Å². The molecule has 0 radical (unpaired) electrons. The van der Waals surface area contributed by atoms with Crippen LogP contribution < -0.4 is 0 Å². The molecule has 1 aliphatic carbocycles. The predicted molar refractivity (Wildman–Crippen MR) is 92.1 cm³/mol. The third-order valence-electron chi connectivity index (χ3n) is 5.87. The molecule has 1 unspecified atom stereocenters. The fourth-order valence-corrected chi connectivity index (χ4v) is 4.23. The summed E-state index contributed by atoms with van der Waals surface area (Å²) in [6.07, 6.45) is 5.53. The average Bonchev–Trinajstić information content (AvgIpc) is 3.38. The maximum absolute atomic E-state index is 13.2. The molecule has 134 valence electrons. The minimum Gasteiger partial charge on any atom is -0.342 e. The third-order valence-corrected chi connectivity index (χ3v) is 5.87. The molecule has 3 aliphatic rings. The van der Waals surface area contributed by atoms with Crippen molar-refractivity contribution in [1.29, 1.82) is 0 Å². The van der Waals surface area contributed by atoms with E-state index in [1.165, 1.54) is 12.1 Å². The lowest BCUT2D eigenvalue weighted by atomic mass is 9.94. The number of halogens is 1. The molecule has 2 heterocycles. The predicted octanol–water partition coefficient (Wildman–Crippen LogP) is 3.14. The van der Waals surface area contributed by atoms with Crippen LogP contribution in [0.4, 0.5) is 4.39 Å². The van der Waals surface area contributed by atoms with Crippen molar-refractivity contribution >= 4 is 11.8 Å². The largest absolute Gasteiger partial charge is 0.342 e. The molecule has 1 aromatic rings. The van der Waals surface area contributed by atoms with Gasteiger partial charge in [0, 0.05) is 31.5 Å². The van der Waals surface area contributed by atoms with Gasteiger partial charge in [0.2, 0.25) is 11.8 Å². The summed E-state index contributed by atoms with van der Waals surface area (Å²) in [4.78, 5) is 29.1. The molecule has 0 bridgehead atoms. The van der Waals surface area contributed by atoms with Crippen LogP contribution in [0, 0.1) is 17.7 Å². The van der Waals surface area contributed by atoms with Crippen LogP contribution in [0.2, 0.25) is 0 Å². The molecule has 4 nitrogen and oxygen atoms in total. The first-order valence-corrected chi connectivity index (χ1v) is 9.48. The molecular weight excluding hydrogens is 319 g/mol. The highest BCUT2D eigenvalue weighted by Gasteiger charge is 2.38. The van der Waals surface area contributed by atoms with Gasteiger partial charge in [-0.25, -0.2) is 4.39 Å². The molecule has 4 rings (SSSR count). The van der Waals surface area contributed by atoms with Crippen LogP contribution >= 0.6 is 0 Å². The van der Waals surface area contributed by atoms with Crippen LogP contribution in [0.25, 0.3) is 0 Å².